The number of benzene rings is 1. The maximum absolute atomic E-state index is 12.8. The largest absolute Gasteiger partial charge is 0.347 e. The molecule has 4 rings (SSSR count). The summed E-state index contributed by atoms with van der Waals surface area (Å²) in [6, 6.07) is 16.0. The number of nitrogens with zero attached hydrogens (tertiary/aromatic N) is 2. The first kappa shape index (κ1) is 15.6. The van der Waals surface area contributed by atoms with Gasteiger partial charge in [-0.05, 0) is 36.8 Å². The number of fused-ring (bicyclic) bond motifs is 1. The fourth-order valence-electron chi connectivity index (χ4n) is 2.78. The van der Waals surface area contributed by atoms with Crippen molar-refractivity contribution in [1.29, 1.82) is 0 Å². The highest BCUT2D eigenvalue weighted by molar-refractivity contribution is 7.21. The van der Waals surface area contributed by atoms with Crippen molar-refractivity contribution in [3.63, 3.8) is 0 Å². The first-order valence-electron chi connectivity index (χ1n) is 8.07. The van der Waals surface area contributed by atoms with E-state index in [2.05, 4.69) is 29.4 Å². The van der Waals surface area contributed by atoms with Gasteiger partial charge in [0.1, 0.15) is 9.71 Å². The highest BCUT2D eigenvalue weighted by Gasteiger charge is 2.19. The topological polar surface area (TPSA) is 46.9 Å². The van der Waals surface area contributed by atoms with Crippen LogP contribution >= 0.6 is 11.3 Å². The first-order valence-corrected chi connectivity index (χ1v) is 8.88. The van der Waals surface area contributed by atoms with Crippen LogP contribution in [0.3, 0.4) is 0 Å². The van der Waals surface area contributed by atoms with Crippen LogP contribution in [0.2, 0.25) is 0 Å². The third-order valence-corrected chi connectivity index (χ3v) is 5.18. The molecule has 1 amide bonds. The SMILES string of the molecule is Cc1ccc(CNC(=O)c2sc3ncccc3c2-n2cccc2)cc1. The summed E-state index contributed by atoms with van der Waals surface area (Å²) in [5.41, 5.74) is 3.18. The predicted octanol–water partition coefficient (Wildman–Crippen LogP) is 4.33. The molecular weight excluding hydrogens is 330 g/mol. The Hall–Kier alpha value is -2.92. The van der Waals surface area contributed by atoms with Gasteiger partial charge in [0.15, 0.2) is 0 Å². The Morgan fingerprint density at radius 1 is 1.12 bits per heavy atom. The molecule has 0 aliphatic rings. The van der Waals surface area contributed by atoms with Crippen molar-refractivity contribution in [3.8, 4) is 5.69 Å². The van der Waals surface area contributed by atoms with Gasteiger partial charge in [0, 0.05) is 30.5 Å². The summed E-state index contributed by atoms with van der Waals surface area (Å²) >= 11 is 1.42. The number of aromatic nitrogens is 2. The summed E-state index contributed by atoms with van der Waals surface area (Å²) < 4.78 is 1.97. The van der Waals surface area contributed by atoms with Crippen LogP contribution in [0.25, 0.3) is 15.9 Å². The molecule has 25 heavy (non-hydrogen) atoms. The minimum atomic E-state index is -0.0766. The standard InChI is InChI=1S/C20H17N3OS/c1-14-6-8-15(9-7-14)13-22-19(24)18-17(23-11-2-3-12-23)16-5-4-10-21-20(16)25-18/h2-12H,13H2,1H3,(H,22,24). The Kier molecular flexibility index (Phi) is 4.07. The third kappa shape index (κ3) is 3.06. The maximum atomic E-state index is 12.8. The van der Waals surface area contributed by atoms with Gasteiger partial charge in [-0.15, -0.1) is 11.3 Å². The average molecular weight is 347 g/mol. The number of aryl methyl sites for hydroxylation is 1. The van der Waals surface area contributed by atoms with Gasteiger partial charge in [-0.3, -0.25) is 4.79 Å². The molecule has 3 heterocycles. The van der Waals surface area contributed by atoms with Crippen molar-refractivity contribution in [2.75, 3.05) is 0 Å². The lowest BCUT2D eigenvalue weighted by atomic mass is 10.1. The van der Waals surface area contributed by atoms with Crippen molar-refractivity contribution in [2.24, 2.45) is 0 Å². The minimum Gasteiger partial charge on any atom is -0.347 e. The number of carbonyl (C=O) groups excluding carboxylic acids is 1. The summed E-state index contributed by atoms with van der Waals surface area (Å²) in [4.78, 5) is 18.8. The zero-order chi connectivity index (χ0) is 17.2. The molecule has 4 nitrogen and oxygen atoms in total. The van der Waals surface area contributed by atoms with E-state index in [9.17, 15) is 4.79 Å². The smallest absolute Gasteiger partial charge is 0.263 e. The lowest BCUT2D eigenvalue weighted by Gasteiger charge is -2.08. The molecule has 1 N–H and O–H groups in total. The first-order chi connectivity index (χ1) is 12.2. The van der Waals surface area contributed by atoms with Gasteiger partial charge < -0.3 is 9.88 Å². The number of pyridine rings is 1. The predicted molar refractivity (Wildman–Crippen MR) is 101 cm³/mol. The van der Waals surface area contributed by atoms with E-state index in [-0.39, 0.29) is 5.91 Å². The van der Waals surface area contributed by atoms with Crippen molar-refractivity contribution in [1.82, 2.24) is 14.9 Å². The molecule has 0 saturated carbocycles. The lowest BCUT2D eigenvalue weighted by Crippen LogP contribution is -2.22. The third-order valence-electron chi connectivity index (χ3n) is 4.08. The van der Waals surface area contributed by atoms with E-state index in [1.54, 1.807) is 6.20 Å². The minimum absolute atomic E-state index is 0.0766. The second-order valence-corrected chi connectivity index (χ2v) is 6.89. The molecule has 0 spiro atoms. The number of thiophene rings is 1. The van der Waals surface area contributed by atoms with Gasteiger partial charge in [0.05, 0.1) is 5.69 Å². The van der Waals surface area contributed by atoms with E-state index < -0.39 is 0 Å². The Morgan fingerprint density at radius 2 is 1.88 bits per heavy atom. The van der Waals surface area contributed by atoms with Crippen LogP contribution in [0.5, 0.6) is 0 Å². The van der Waals surface area contributed by atoms with Crippen LogP contribution in [0.4, 0.5) is 0 Å². The molecule has 5 heteroatoms. The van der Waals surface area contributed by atoms with E-state index in [4.69, 9.17) is 0 Å². The lowest BCUT2D eigenvalue weighted by molar-refractivity contribution is 0.0955. The highest BCUT2D eigenvalue weighted by Crippen LogP contribution is 2.33. The number of nitrogens with one attached hydrogen (secondary N) is 1. The van der Waals surface area contributed by atoms with Gasteiger partial charge in [-0.2, -0.15) is 0 Å². The number of hydrogen-bond acceptors (Lipinski definition) is 3. The molecular formula is C20H17N3OS. The summed E-state index contributed by atoms with van der Waals surface area (Å²) in [5, 5.41) is 4.02. The van der Waals surface area contributed by atoms with Crippen LogP contribution in [-0.4, -0.2) is 15.5 Å². The summed E-state index contributed by atoms with van der Waals surface area (Å²) in [6.45, 7) is 2.56. The molecule has 4 aromatic rings. The van der Waals surface area contributed by atoms with Crippen molar-refractivity contribution in [2.45, 2.75) is 13.5 Å². The van der Waals surface area contributed by atoms with Crippen LogP contribution in [0.15, 0.2) is 67.1 Å². The number of amides is 1. The monoisotopic (exact) mass is 347 g/mol. The van der Waals surface area contributed by atoms with E-state index in [0.29, 0.717) is 11.4 Å². The molecule has 0 bridgehead atoms. The van der Waals surface area contributed by atoms with E-state index in [1.165, 1.54) is 16.9 Å². The fraction of sp³-hybridized carbons (Fsp3) is 0.100. The van der Waals surface area contributed by atoms with Gasteiger partial charge in [-0.1, -0.05) is 29.8 Å². The Bertz CT molecular complexity index is 1020. The number of rotatable bonds is 4. The molecule has 0 radical (unpaired) electrons. The molecule has 0 atom stereocenters. The summed E-state index contributed by atoms with van der Waals surface area (Å²) in [7, 11) is 0. The van der Waals surface area contributed by atoms with Crippen molar-refractivity contribution >= 4 is 27.5 Å². The Balaban J connectivity index is 1.67. The molecule has 0 unspecified atom stereocenters. The van der Waals surface area contributed by atoms with Gasteiger partial charge in [-0.25, -0.2) is 4.98 Å². The van der Waals surface area contributed by atoms with Gasteiger partial charge >= 0.3 is 0 Å². The highest BCUT2D eigenvalue weighted by atomic mass is 32.1. The van der Waals surface area contributed by atoms with Gasteiger partial charge in [0.25, 0.3) is 5.91 Å². The quantitative estimate of drug-likeness (QED) is 0.597. The number of hydrogen-bond donors (Lipinski definition) is 1. The Labute approximate surface area is 149 Å². The number of carbonyl (C=O) groups is 1. The maximum Gasteiger partial charge on any atom is 0.263 e. The van der Waals surface area contributed by atoms with Crippen LogP contribution in [-0.2, 0) is 6.54 Å². The molecule has 1 aromatic carbocycles. The second kappa shape index (κ2) is 6.53. The molecule has 0 fully saturated rings. The summed E-state index contributed by atoms with van der Waals surface area (Å²) in [5.74, 6) is -0.0766. The van der Waals surface area contributed by atoms with Gasteiger partial charge in [0.2, 0.25) is 0 Å². The van der Waals surface area contributed by atoms with E-state index >= 15 is 0 Å². The molecule has 0 saturated heterocycles. The molecule has 0 aliphatic heterocycles. The van der Waals surface area contributed by atoms with Crippen molar-refractivity contribution in [3.05, 3.63) is 83.1 Å². The second-order valence-electron chi connectivity index (χ2n) is 5.89. The zero-order valence-electron chi connectivity index (χ0n) is 13.8. The fourth-order valence-corrected chi connectivity index (χ4v) is 3.84. The molecule has 124 valence electrons. The molecule has 0 aliphatic carbocycles. The Morgan fingerprint density at radius 3 is 2.64 bits per heavy atom. The van der Waals surface area contributed by atoms with Crippen LogP contribution in [0, 0.1) is 6.92 Å². The molecule has 3 aromatic heterocycles. The normalized spacial score (nSPS) is 10.9. The van der Waals surface area contributed by atoms with E-state index in [1.807, 2.05) is 53.4 Å². The zero-order valence-corrected chi connectivity index (χ0v) is 14.6. The van der Waals surface area contributed by atoms with E-state index in [0.717, 1.165) is 21.5 Å². The van der Waals surface area contributed by atoms with Crippen molar-refractivity contribution < 1.29 is 4.79 Å². The van der Waals surface area contributed by atoms with Crippen LogP contribution < -0.4 is 5.32 Å². The average Bonchev–Trinajstić information content (AvgIpc) is 3.28. The summed E-state index contributed by atoms with van der Waals surface area (Å²) in [6.07, 6.45) is 5.66. The van der Waals surface area contributed by atoms with Crippen LogP contribution in [0.1, 0.15) is 20.8 Å².